The number of hydrogen-bond acceptors (Lipinski definition) is 8. The lowest BCUT2D eigenvalue weighted by atomic mass is 9.95. The number of nitrogens with zero attached hydrogens (tertiary/aromatic N) is 2. The summed E-state index contributed by atoms with van der Waals surface area (Å²) in [5.41, 5.74) is 1.30. The standard InChI is InChI=1S/C27H22N2O8/c1-36-21-5-3-4-19(14-21)23-22(24(30)17-10-12-20(13-11-17)29(34)35)25(31)26(32)28(23)15-16-6-8-18(9-7-16)27(33)37-2/h3-14,23,30H,15H2,1-2H3/b24-22-. The van der Waals surface area contributed by atoms with E-state index in [1.165, 1.54) is 43.4 Å². The molecule has 0 aliphatic carbocycles. The van der Waals surface area contributed by atoms with Crippen LogP contribution in [-0.4, -0.2) is 46.8 Å². The van der Waals surface area contributed by atoms with Gasteiger partial charge in [-0.3, -0.25) is 19.7 Å². The van der Waals surface area contributed by atoms with Crippen molar-refractivity contribution in [3.8, 4) is 5.75 Å². The van der Waals surface area contributed by atoms with E-state index >= 15 is 0 Å². The van der Waals surface area contributed by atoms with Crippen LogP contribution in [0.1, 0.15) is 33.1 Å². The van der Waals surface area contributed by atoms with Crippen molar-refractivity contribution in [1.82, 2.24) is 4.90 Å². The highest BCUT2D eigenvalue weighted by molar-refractivity contribution is 6.46. The highest BCUT2D eigenvalue weighted by Gasteiger charge is 2.46. The van der Waals surface area contributed by atoms with Gasteiger partial charge in [0.2, 0.25) is 0 Å². The Labute approximate surface area is 211 Å². The number of methoxy groups -OCH3 is 2. The number of carbonyl (C=O) groups is 3. The number of ketones is 1. The van der Waals surface area contributed by atoms with Crippen molar-refractivity contribution in [2.24, 2.45) is 0 Å². The molecule has 10 nitrogen and oxygen atoms in total. The smallest absolute Gasteiger partial charge is 0.337 e. The summed E-state index contributed by atoms with van der Waals surface area (Å²) in [5, 5.41) is 22.1. The first-order valence-corrected chi connectivity index (χ1v) is 11.1. The van der Waals surface area contributed by atoms with Crippen LogP contribution >= 0.6 is 0 Å². The van der Waals surface area contributed by atoms with E-state index < -0.39 is 34.4 Å². The zero-order valence-electron chi connectivity index (χ0n) is 19.9. The zero-order valence-corrected chi connectivity index (χ0v) is 19.9. The Hall–Kier alpha value is -4.99. The van der Waals surface area contributed by atoms with Crippen LogP contribution in [0.15, 0.2) is 78.4 Å². The molecule has 1 atom stereocenters. The summed E-state index contributed by atoms with van der Waals surface area (Å²) in [6, 6.07) is 17.2. The molecule has 0 saturated carbocycles. The Morgan fingerprint density at radius 3 is 2.24 bits per heavy atom. The summed E-state index contributed by atoms with van der Waals surface area (Å²) in [5.74, 6) is -2.19. The number of aliphatic hydroxyl groups excluding tert-OH is 1. The first-order valence-electron chi connectivity index (χ1n) is 11.1. The van der Waals surface area contributed by atoms with Gasteiger partial charge in [0.1, 0.15) is 11.5 Å². The van der Waals surface area contributed by atoms with Crippen molar-refractivity contribution in [2.75, 3.05) is 14.2 Å². The maximum Gasteiger partial charge on any atom is 0.337 e. The largest absolute Gasteiger partial charge is 0.507 e. The minimum absolute atomic E-state index is 0.00490. The van der Waals surface area contributed by atoms with E-state index in [0.717, 1.165) is 0 Å². The van der Waals surface area contributed by atoms with Gasteiger partial charge in [-0.2, -0.15) is 0 Å². The number of likely N-dealkylation sites (tertiary alicyclic amines) is 1. The van der Waals surface area contributed by atoms with E-state index in [2.05, 4.69) is 0 Å². The minimum atomic E-state index is -0.967. The van der Waals surface area contributed by atoms with Gasteiger partial charge in [0.25, 0.3) is 17.4 Å². The van der Waals surface area contributed by atoms with Gasteiger partial charge >= 0.3 is 5.97 Å². The molecule has 1 aliphatic rings. The number of amides is 1. The number of hydrogen-bond donors (Lipinski definition) is 1. The van der Waals surface area contributed by atoms with Crippen molar-refractivity contribution in [1.29, 1.82) is 0 Å². The molecule has 3 aromatic rings. The Balaban J connectivity index is 1.80. The quantitative estimate of drug-likeness (QED) is 0.128. The normalized spacial score (nSPS) is 16.5. The van der Waals surface area contributed by atoms with Crippen LogP contribution in [0, 0.1) is 10.1 Å². The van der Waals surface area contributed by atoms with E-state index in [-0.39, 0.29) is 23.4 Å². The second-order valence-corrected chi connectivity index (χ2v) is 8.20. The van der Waals surface area contributed by atoms with Gasteiger partial charge in [-0.25, -0.2) is 4.79 Å². The van der Waals surface area contributed by atoms with Crippen molar-refractivity contribution < 1.29 is 33.9 Å². The maximum atomic E-state index is 13.2. The van der Waals surface area contributed by atoms with Gasteiger partial charge in [0.15, 0.2) is 0 Å². The van der Waals surface area contributed by atoms with Gasteiger partial charge in [-0.05, 0) is 47.5 Å². The molecule has 188 valence electrons. The monoisotopic (exact) mass is 502 g/mol. The third kappa shape index (κ3) is 4.90. The van der Waals surface area contributed by atoms with E-state index in [0.29, 0.717) is 22.4 Å². The lowest BCUT2D eigenvalue weighted by Crippen LogP contribution is -2.29. The average molecular weight is 502 g/mol. The molecule has 10 heteroatoms. The first kappa shape index (κ1) is 25.1. The van der Waals surface area contributed by atoms with Crippen LogP contribution in [0.25, 0.3) is 5.76 Å². The summed E-state index contributed by atoms with van der Waals surface area (Å²) in [4.78, 5) is 49.9. The molecule has 4 rings (SSSR count). The Morgan fingerprint density at radius 1 is 1.00 bits per heavy atom. The number of nitro benzene ring substituents is 1. The fraction of sp³-hybridized carbons (Fsp3) is 0.148. The van der Waals surface area contributed by atoms with Gasteiger partial charge < -0.3 is 19.5 Å². The van der Waals surface area contributed by atoms with Crippen LogP contribution < -0.4 is 4.74 Å². The third-order valence-corrected chi connectivity index (χ3v) is 6.03. The molecule has 1 unspecified atom stereocenters. The van der Waals surface area contributed by atoms with Crippen molar-refractivity contribution >= 4 is 29.1 Å². The molecule has 1 aliphatic heterocycles. The number of rotatable bonds is 7. The summed E-state index contributed by atoms with van der Waals surface area (Å²) in [6.07, 6.45) is 0. The molecule has 0 aromatic heterocycles. The summed E-state index contributed by atoms with van der Waals surface area (Å²) in [7, 11) is 2.75. The average Bonchev–Trinajstić information content (AvgIpc) is 3.17. The SMILES string of the molecule is COC(=O)c1ccc(CN2C(=O)C(=O)/C(=C(\O)c3ccc([N+](=O)[O-])cc3)C2c2cccc(OC)c2)cc1. The molecule has 0 spiro atoms. The number of nitro groups is 1. The number of non-ortho nitro benzene ring substituents is 1. The van der Waals surface area contributed by atoms with Crippen LogP contribution in [0.2, 0.25) is 0 Å². The van der Waals surface area contributed by atoms with Crippen molar-refractivity contribution in [3.05, 3.63) is 111 Å². The zero-order chi connectivity index (χ0) is 26.7. The molecular weight excluding hydrogens is 480 g/mol. The summed E-state index contributed by atoms with van der Waals surface area (Å²) >= 11 is 0. The lowest BCUT2D eigenvalue weighted by molar-refractivity contribution is -0.384. The van der Waals surface area contributed by atoms with Crippen molar-refractivity contribution in [2.45, 2.75) is 12.6 Å². The first-order chi connectivity index (χ1) is 17.7. The van der Waals surface area contributed by atoms with Crippen molar-refractivity contribution in [3.63, 3.8) is 0 Å². The number of esters is 1. The summed E-state index contributed by atoms with van der Waals surface area (Å²) in [6.45, 7) is 0.00490. The van der Waals surface area contributed by atoms with Crippen LogP contribution in [0.5, 0.6) is 5.75 Å². The van der Waals surface area contributed by atoms with E-state index in [9.17, 15) is 29.6 Å². The van der Waals surface area contributed by atoms with Crippen LogP contribution in [0.3, 0.4) is 0 Å². The number of Topliss-reactive ketones (excluding diaryl/α,β-unsaturated/α-hetero) is 1. The lowest BCUT2D eigenvalue weighted by Gasteiger charge is -2.26. The predicted octanol–water partition coefficient (Wildman–Crippen LogP) is 4.01. The molecular formula is C27H22N2O8. The van der Waals surface area contributed by atoms with Gasteiger partial charge in [0.05, 0.1) is 36.3 Å². The summed E-state index contributed by atoms with van der Waals surface area (Å²) < 4.78 is 10.0. The Bertz CT molecular complexity index is 1410. The topological polar surface area (TPSA) is 136 Å². The van der Waals surface area contributed by atoms with Gasteiger partial charge in [0, 0.05) is 24.2 Å². The van der Waals surface area contributed by atoms with E-state index in [1.807, 2.05) is 0 Å². The number of carbonyl (C=O) groups excluding carboxylic acids is 3. The molecule has 3 aromatic carbocycles. The van der Waals surface area contributed by atoms with E-state index in [4.69, 9.17) is 9.47 Å². The third-order valence-electron chi connectivity index (χ3n) is 6.03. The number of ether oxygens (including phenoxy) is 2. The second-order valence-electron chi connectivity index (χ2n) is 8.20. The highest BCUT2D eigenvalue weighted by Crippen LogP contribution is 2.41. The fourth-order valence-electron chi connectivity index (χ4n) is 4.16. The molecule has 37 heavy (non-hydrogen) atoms. The number of aliphatic hydroxyl groups is 1. The molecule has 1 amide bonds. The molecule has 0 bridgehead atoms. The number of benzene rings is 3. The molecule has 1 saturated heterocycles. The molecule has 0 radical (unpaired) electrons. The highest BCUT2D eigenvalue weighted by atomic mass is 16.6. The Morgan fingerprint density at radius 2 is 1.65 bits per heavy atom. The molecule has 1 N–H and O–H groups in total. The van der Waals surface area contributed by atoms with Crippen LogP contribution in [0.4, 0.5) is 5.69 Å². The van der Waals surface area contributed by atoms with Gasteiger partial charge in [-0.1, -0.05) is 24.3 Å². The molecule has 1 fully saturated rings. The molecule has 1 heterocycles. The minimum Gasteiger partial charge on any atom is -0.507 e. The predicted molar refractivity (Wildman–Crippen MR) is 132 cm³/mol. The second kappa shape index (κ2) is 10.3. The van der Waals surface area contributed by atoms with E-state index in [1.54, 1.807) is 48.5 Å². The Kier molecular flexibility index (Phi) is 7.01. The van der Waals surface area contributed by atoms with Gasteiger partial charge in [-0.15, -0.1) is 0 Å². The van der Waals surface area contributed by atoms with Crippen LogP contribution in [-0.2, 0) is 20.9 Å². The maximum absolute atomic E-state index is 13.2. The fourth-order valence-corrected chi connectivity index (χ4v) is 4.16.